The van der Waals surface area contributed by atoms with Gasteiger partial charge in [0, 0.05) is 31.1 Å². The monoisotopic (exact) mass is 531 g/mol. The minimum atomic E-state index is -3.98. The van der Waals surface area contributed by atoms with E-state index in [9.17, 15) is 26.4 Å². The normalized spacial score (nSPS) is 18.2. The van der Waals surface area contributed by atoms with Gasteiger partial charge >= 0.3 is 0 Å². The van der Waals surface area contributed by atoms with Crippen LogP contribution in [0, 0.1) is 17.5 Å². The lowest BCUT2D eigenvalue weighted by Gasteiger charge is -2.24. The molecule has 0 saturated carbocycles. The van der Waals surface area contributed by atoms with Crippen LogP contribution in [0.2, 0.25) is 0 Å². The Bertz CT molecular complexity index is 1230. The summed E-state index contributed by atoms with van der Waals surface area (Å²) < 4.78 is 74.8. The van der Waals surface area contributed by atoms with Crippen LogP contribution in [0.3, 0.4) is 0 Å². The largest absolute Gasteiger partial charge is 0.381 e. The van der Waals surface area contributed by atoms with E-state index in [1.807, 2.05) is 4.72 Å². The van der Waals surface area contributed by atoms with Gasteiger partial charge < -0.3 is 15.4 Å². The number of thioether (sulfide) groups is 1. The number of fused-ring (bicyclic) bond motifs is 1. The fourth-order valence-electron chi connectivity index (χ4n) is 3.85. The third kappa shape index (κ3) is 5.64. The average Bonchev–Trinajstić information content (AvgIpc) is 3.26. The van der Waals surface area contributed by atoms with E-state index < -0.39 is 50.7 Å². The van der Waals surface area contributed by atoms with Gasteiger partial charge in [0.05, 0.1) is 27.9 Å². The van der Waals surface area contributed by atoms with Crippen molar-refractivity contribution in [2.24, 2.45) is 0 Å². The Labute approximate surface area is 204 Å². The van der Waals surface area contributed by atoms with E-state index in [-0.39, 0.29) is 24.0 Å². The number of aromatic nitrogens is 2. The quantitative estimate of drug-likeness (QED) is 0.443. The lowest BCUT2D eigenvalue weighted by Crippen LogP contribution is -2.28. The van der Waals surface area contributed by atoms with Crippen LogP contribution < -0.4 is 15.4 Å². The van der Waals surface area contributed by atoms with Crippen LogP contribution in [-0.4, -0.2) is 55.1 Å². The van der Waals surface area contributed by atoms with E-state index >= 15 is 0 Å². The van der Waals surface area contributed by atoms with Gasteiger partial charge in [0.2, 0.25) is 15.9 Å². The minimum Gasteiger partial charge on any atom is -0.381 e. The van der Waals surface area contributed by atoms with E-state index in [0.717, 1.165) is 12.8 Å². The number of carbonyl (C=O) groups excluding carboxylic acids is 1. The fourth-order valence-corrected chi connectivity index (χ4v) is 6.20. The second-order valence-corrected chi connectivity index (χ2v) is 11.0. The maximum atomic E-state index is 15.0. The third-order valence-electron chi connectivity index (χ3n) is 5.58. The first-order valence-electron chi connectivity index (χ1n) is 11.0. The number of sulfonamides is 1. The summed E-state index contributed by atoms with van der Waals surface area (Å²) >= 11 is 1.33. The Kier molecular flexibility index (Phi) is 7.71. The zero-order valence-corrected chi connectivity index (χ0v) is 20.4. The van der Waals surface area contributed by atoms with Gasteiger partial charge in [0.15, 0.2) is 17.5 Å². The molecular weight excluding hydrogens is 507 g/mol. The first-order chi connectivity index (χ1) is 16.7. The predicted molar refractivity (Wildman–Crippen MR) is 126 cm³/mol. The third-order valence-corrected chi connectivity index (χ3v) is 8.24. The molecule has 0 spiro atoms. The highest BCUT2D eigenvalue weighted by Crippen LogP contribution is 2.43. The molecule has 190 valence electrons. The number of hydrogen-bond acceptors (Lipinski definition) is 8. The van der Waals surface area contributed by atoms with E-state index in [1.54, 1.807) is 6.92 Å². The summed E-state index contributed by atoms with van der Waals surface area (Å²) in [4.78, 5) is 22.1. The first kappa shape index (κ1) is 25.5. The molecule has 1 aromatic heterocycles. The molecule has 4 rings (SSSR count). The van der Waals surface area contributed by atoms with E-state index in [4.69, 9.17) is 4.74 Å². The zero-order chi connectivity index (χ0) is 25.2. The van der Waals surface area contributed by atoms with Crippen LogP contribution in [0.25, 0.3) is 0 Å². The average molecular weight is 532 g/mol. The molecule has 0 bridgehead atoms. The smallest absolute Gasteiger partial charge is 0.234 e. The molecule has 1 unspecified atom stereocenters. The van der Waals surface area contributed by atoms with Gasteiger partial charge in [0.25, 0.3) is 0 Å². The number of ether oxygens (including phenoxy) is 1. The summed E-state index contributed by atoms with van der Waals surface area (Å²) in [5.74, 6) is -5.80. The maximum Gasteiger partial charge on any atom is 0.234 e. The lowest BCUT2D eigenvalue weighted by molar-refractivity contribution is -0.117. The van der Waals surface area contributed by atoms with E-state index in [2.05, 4.69) is 20.6 Å². The van der Waals surface area contributed by atoms with Gasteiger partial charge in [-0.1, -0.05) is 6.92 Å². The van der Waals surface area contributed by atoms with Gasteiger partial charge in [-0.25, -0.2) is 31.6 Å². The van der Waals surface area contributed by atoms with Gasteiger partial charge in [-0.15, -0.1) is 11.8 Å². The molecule has 35 heavy (non-hydrogen) atoms. The standard InChI is InChI=1S/C21H24F3N5O4S2/c1-2-7-35(31,32)29-14-8-13(22)15(23)18(16(14)24)28-21(30)12-9-34-19-17(12)25-10-26-20(19)27-11-3-5-33-6-4-11/h8,10-12,29H,2-7,9H2,1H3,(H,28,30)(H,25,26,27). The van der Waals surface area contributed by atoms with E-state index in [0.29, 0.717) is 35.7 Å². The van der Waals surface area contributed by atoms with Crippen molar-refractivity contribution >= 4 is 44.9 Å². The lowest BCUT2D eigenvalue weighted by atomic mass is 10.1. The van der Waals surface area contributed by atoms with Crippen molar-refractivity contribution in [3.8, 4) is 0 Å². The molecule has 9 nitrogen and oxygen atoms in total. The maximum absolute atomic E-state index is 15.0. The van der Waals surface area contributed by atoms with Crippen molar-refractivity contribution in [3.63, 3.8) is 0 Å². The molecule has 2 aromatic rings. The van der Waals surface area contributed by atoms with Crippen LogP contribution in [0.4, 0.5) is 30.4 Å². The number of anilines is 3. The van der Waals surface area contributed by atoms with Crippen molar-refractivity contribution in [3.05, 3.63) is 35.5 Å². The van der Waals surface area contributed by atoms with Gasteiger partial charge in [0.1, 0.15) is 17.8 Å². The molecule has 1 aromatic carbocycles. The van der Waals surface area contributed by atoms with Gasteiger partial charge in [-0.3, -0.25) is 9.52 Å². The van der Waals surface area contributed by atoms with Crippen LogP contribution in [-0.2, 0) is 19.6 Å². The van der Waals surface area contributed by atoms with Gasteiger partial charge in [-0.05, 0) is 19.3 Å². The Morgan fingerprint density at radius 1 is 1.20 bits per heavy atom. The SMILES string of the molecule is CCCS(=O)(=O)Nc1cc(F)c(F)c(NC(=O)C2CSc3c(NC4CCOCC4)ncnc32)c1F. The van der Waals surface area contributed by atoms with Crippen LogP contribution in [0.1, 0.15) is 37.8 Å². The highest BCUT2D eigenvalue weighted by atomic mass is 32.2. The number of hydrogen-bond donors (Lipinski definition) is 3. The molecule has 1 atom stereocenters. The van der Waals surface area contributed by atoms with Gasteiger partial charge in [-0.2, -0.15) is 0 Å². The first-order valence-corrected chi connectivity index (χ1v) is 13.6. The van der Waals surface area contributed by atoms with Crippen molar-refractivity contribution in [1.29, 1.82) is 0 Å². The Balaban J connectivity index is 1.56. The molecule has 3 heterocycles. The van der Waals surface area contributed by atoms with E-state index in [1.165, 1.54) is 18.1 Å². The molecule has 3 N–H and O–H groups in total. The molecule has 1 fully saturated rings. The Morgan fingerprint density at radius 3 is 2.66 bits per heavy atom. The number of benzene rings is 1. The van der Waals surface area contributed by atoms with Crippen LogP contribution >= 0.6 is 11.8 Å². The number of nitrogens with one attached hydrogen (secondary N) is 3. The predicted octanol–water partition coefficient (Wildman–Crippen LogP) is 3.46. The minimum absolute atomic E-state index is 0.154. The Hall–Kier alpha value is -2.58. The topological polar surface area (TPSA) is 122 Å². The van der Waals surface area contributed by atoms with Crippen molar-refractivity contribution in [2.75, 3.05) is 40.1 Å². The number of amides is 1. The molecule has 0 aliphatic carbocycles. The number of carbonyl (C=O) groups is 1. The second-order valence-electron chi connectivity index (χ2n) is 8.15. The molecule has 0 radical (unpaired) electrons. The van der Waals surface area contributed by atoms with Crippen molar-refractivity contribution in [1.82, 2.24) is 9.97 Å². The fraction of sp³-hybridized carbons (Fsp3) is 0.476. The van der Waals surface area contributed by atoms with Crippen molar-refractivity contribution < 1.29 is 31.1 Å². The molecule has 1 amide bonds. The second kappa shape index (κ2) is 10.6. The summed E-state index contributed by atoms with van der Waals surface area (Å²) in [6.07, 6.45) is 3.14. The molecule has 2 aliphatic heterocycles. The van der Waals surface area contributed by atoms with Crippen LogP contribution in [0.15, 0.2) is 17.3 Å². The summed E-state index contributed by atoms with van der Waals surface area (Å²) in [5.41, 5.74) is -1.48. The Morgan fingerprint density at radius 2 is 1.94 bits per heavy atom. The molecule has 2 aliphatic rings. The molecule has 1 saturated heterocycles. The molecule has 14 heteroatoms. The number of rotatable bonds is 8. The molecular formula is C21H24F3N5O4S2. The summed E-state index contributed by atoms with van der Waals surface area (Å²) in [6, 6.07) is 0.553. The highest BCUT2D eigenvalue weighted by Gasteiger charge is 2.35. The van der Waals surface area contributed by atoms with Crippen molar-refractivity contribution in [2.45, 2.75) is 43.0 Å². The summed E-state index contributed by atoms with van der Waals surface area (Å²) in [6.45, 7) is 2.85. The summed E-state index contributed by atoms with van der Waals surface area (Å²) in [7, 11) is -3.98. The number of nitrogens with zero attached hydrogens (tertiary/aromatic N) is 2. The van der Waals surface area contributed by atoms with Crippen LogP contribution in [0.5, 0.6) is 0 Å². The zero-order valence-electron chi connectivity index (χ0n) is 18.7. The highest BCUT2D eigenvalue weighted by molar-refractivity contribution is 7.99. The number of halogens is 3. The summed E-state index contributed by atoms with van der Waals surface area (Å²) in [5, 5.41) is 5.42.